The molecule has 0 saturated heterocycles. The van der Waals surface area contributed by atoms with Crippen molar-refractivity contribution < 1.29 is 14.3 Å². The number of benzene rings is 1. The lowest BCUT2D eigenvalue weighted by molar-refractivity contribution is 0.102. The molecule has 0 bridgehead atoms. The molecule has 0 aliphatic heterocycles. The molecule has 2 N–H and O–H groups in total. The van der Waals surface area contributed by atoms with Gasteiger partial charge in [-0.2, -0.15) is 0 Å². The Hall–Kier alpha value is -3.02. The summed E-state index contributed by atoms with van der Waals surface area (Å²) in [5.74, 6) is 1.00. The number of rotatable bonds is 5. The predicted octanol–water partition coefficient (Wildman–Crippen LogP) is 3.22. The molecule has 23 heavy (non-hydrogen) atoms. The van der Waals surface area contributed by atoms with E-state index in [1.54, 1.807) is 43.8 Å². The number of pyridine rings is 1. The zero-order valence-corrected chi connectivity index (χ0v) is 12.9. The van der Waals surface area contributed by atoms with Crippen molar-refractivity contribution in [2.24, 2.45) is 0 Å². The molecule has 0 aliphatic rings. The molecular formula is C17H17N3O3. The summed E-state index contributed by atoms with van der Waals surface area (Å²) in [4.78, 5) is 19.8. The van der Waals surface area contributed by atoms with Gasteiger partial charge < -0.3 is 19.8 Å². The van der Waals surface area contributed by atoms with Gasteiger partial charge >= 0.3 is 0 Å². The van der Waals surface area contributed by atoms with Crippen LogP contribution in [0, 0.1) is 0 Å². The molecule has 0 aliphatic carbocycles. The first-order valence-electron chi connectivity index (χ1n) is 7.27. The highest BCUT2D eigenvalue weighted by Gasteiger charge is 2.15. The van der Waals surface area contributed by atoms with E-state index >= 15 is 0 Å². The lowest BCUT2D eigenvalue weighted by atomic mass is 10.2. The number of aromatic amines is 1. The number of H-pyrrole nitrogens is 1. The standard InChI is InChI=1S/C17H17N3O3/c1-3-23-15-7-6-11(22-2)9-14(15)20-17(21)13-10-19-16-12(13)5-4-8-18-16/h4-10H,3H2,1-2H3,(H,18,19)(H,20,21). The molecule has 2 heterocycles. The number of nitrogens with one attached hydrogen (secondary N) is 2. The Morgan fingerprint density at radius 1 is 1.35 bits per heavy atom. The smallest absolute Gasteiger partial charge is 0.257 e. The normalized spacial score (nSPS) is 10.5. The fourth-order valence-electron chi connectivity index (χ4n) is 2.35. The highest BCUT2D eigenvalue weighted by Crippen LogP contribution is 2.30. The van der Waals surface area contributed by atoms with Gasteiger partial charge in [-0.05, 0) is 31.2 Å². The van der Waals surface area contributed by atoms with Gasteiger partial charge in [-0.1, -0.05) is 0 Å². The molecule has 0 unspecified atom stereocenters. The van der Waals surface area contributed by atoms with Crippen LogP contribution in [0.1, 0.15) is 17.3 Å². The molecular weight excluding hydrogens is 294 g/mol. The number of amides is 1. The summed E-state index contributed by atoms with van der Waals surface area (Å²) in [5.41, 5.74) is 1.76. The van der Waals surface area contributed by atoms with Crippen molar-refractivity contribution in [1.29, 1.82) is 0 Å². The Labute approximate surface area is 133 Å². The van der Waals surface area contributed by atoms with E-state index in [-0.39, 0.29) is 5.91 Å². The highest BCUT2D eigenvalue weighted by atomic mass is 16.5. The van der Waals surface area contributed by atoms with Gasteiger partial charge in [0.25, 0.3) is 5.91 Å². The van der Waals surface area contributed by atoms with Gasteiger partial charge in [-0.3, -0.25) is 4.79 Å². The largest absolute Gasteiger partial charge is 0.497 e. The van der Waals surface area contributed by atoms with Gasteiger partial charge in [0.15, 0.2) is 0 Å². The maximum atomic E-state index is 12.6. The SMILES string of the molecule is CCOc1ccc(OC)cc1NC(=O)c1c[nH]c2ncccc12. The summed E-state index contributed by atoms with van der Waals surface area (Å²) in [6.07, 6.45) is 3.32. The number of fused-ring (bicyclic) bond motifs is 1. The van der Waals surface area contributed by atoms with Crippen LogP contribution in [-0.2, 0) is 0 Å². The van der Waals surface area contributed by atoms with Crippen LogP contribution >= 0.6 is 0 Å². The first-order chi connectivity index (χ1) is 11.2. The molecule has 0 atom stereocenters. The third kappa shape index (κ3) is 2.96. The van der Waals surface area contributed by atoms with Gasteiger partial charge in [-0.15, -0.1) is 0 Å². The van der Waals surface area contributed by atoms with Crippen molar-refractivity contribution in [2.45, 2.75) is 6.92 Å². The number of carbonyl (C=O) groups excluding carboxylic acids is 1. The Morgan fingerprint density at radius 2 is 2.22 bits per heavy atom. The average Bonchev–Trinajstić information content (AvgIpc) is 3.00. The molecule has 0 radical (unpaired) electrons. The first kappa shape index (κ1) is 14.9. The van der Waals surface area contributed by atoms with Crippen molar-refractivity contribution in [2.75, 3.05) is 19.0 Å². The monoisotopic (exact) mass is 311 g/mol. The number of methoxy groups -OCH3 is 1. The molecule has 6 heteroatoms. The summed E-state index contributed by atoms with van der Waals surface area (Å²) in [6.45, 7) is 2.40. The van der Waals surface area contributed by atoms with E-state index in [9.17, 15) is 4.79 Å². The Morgan fingerprint density at radius 3 is 3.00 bits per heavy atom. The minimum atomic E-state index is -0.238. The topological polar surface area (TPSA) is 76.2 Å². The molecule has 3 rings (SSSR count). The summed E-state index contributed by atoms with van der Waals surface area (Å²) in [5, 5.41) is 3.64. The van der Waals surface area contributed by atoms with Crippen molar-refractivity contribution >= 4 is 22.6 Å². The summed E-state index contributed by atoms with van der Waals surface area (Å²) < 4.78 is 10.8. The highest BCUT2D eigenvalue weighted by molar-refractivity contribution is 6.12. The van der Waals surface area contributed by atoms with Crippen molar-refractivity contribution in [3.05, 3.63) is 48.3 Å². The predicted molar refractivity (Wildman–Crippen MR) is 88.2 cm³/mol. The van der Waals surface area contributed by atoms with Crippen molar-refractivity contribution in [3.63, 3.8) is 0 Å². The number of anilines is 1. The number of hydrogen-bond acceptors (Lipinski definition) is 4. The van der Waals surface area contributed by atoms with Crippen LogP contribution in [-0.4, -0.2) is 29.6 Å². The summed E-state index contributed by atoms with van der Waals surface area (Å²) in [7, 11) is 1.58. The molecule has 6 nitrogen and oxygen atoms in total. The van der Waals surface area contributed by atoms with Crippen LogP contribution in [0.15, 0.2) is 42.7 Å². The summed E-state index contributed by atoms with van der Waals surface area (Å²) >= 11 is 0. The zero-order valence-electron chi connectivity index (χ0n) is 12.9. The number of ether oxygens (including phenoxy) is 2. The van der Waals surface area contributed by atoms with E-state index in [1.165, 1.54) is 0 Å². The zero-order chi connectivity index (χ0) is 16.2. The molecule has 2 aromatic heterocycles. The molecule has 0 fully saturated rings. The number of nitrogens with zero attached hydrogens (tertiary/aromatic N) is 1. The van der Waals surface area contributed by atoms with Crippen LogP contribution in [0.2, 0.25) is 0 Å². The lowest BCUT2D eigenvalue weighted by Crippen LogP contribution is -2.12. The van der Waals surface area contributed by atoms with Gasteiger partial charge in [0.1, 0.15) is 17.1 Å². The molecule has 118 valence electrons. The van der Waals surface area contributed by atoms with E-state index in [1.807, 2.05) is 13.0 Å². The number of carbonyl (C=O) groups is 1. The van der Waals surface area contributed by atoms with Gasteiger partial charge in [0.2, 0.25) is 0 Å². The van der Waals surface area contributed by atoms with Crippen LogP contribution in [0.25, 0.3) is 11.0 Å². The van der Waals surface area contributed by atoms with Crippen molar-refractivity contribution in [3.8, 4) is 11.5 Å². The lowest BCUT2D eigenvalue weighted by Gasteiger charge is -2.12. The minimum absolute atomic E-state index is 0.238. The molecule has 3 aromatic rings. The molecule has 0 saturated carbocycles. The molecule has 1 aromatic carbocycles. The van der Waals surface area contributed by atoms with Crippen molar-refractivity contribution in [1.82, 2.24) is 9.97 Å². The van der Waals surface area contributed by atoms with E-state index in [4.69, 9.17) is 9.47 Å². The van der Waals surface area contributed by atoms with Crippen LogP contribution in [0.4, 0.5) is 5.69 Å². The van der Waals surface area contributed by atoms with Crippen LogP contribution in [0.3, 0.4) is 0 Å². The summed E-state index contributed by atoms with van der Waals surface area (Å²) in [6, 6.07) is 8.94. The number of aromatic nitrogens is 2. The van der Waals surface area contributed by atoms with Gasteiger partial charge in [0, 0.05) is 23.8 Å². The van der Waals surface area contributed by atoms with E-state index in [0.717, 1.165) is 5.39 Å². The molecule has 0 spiro atoms. The van der Waals surface area contributed by atoms with E-state index in [2.05, 4.69) is 15.3 Å². The van der Waals surface area contributed by atoms with E-state index in [0.29, 0.717) is 35.0 Å². The Kier molecular flexibility index (Phi) is 4.14. The van der Waals surface area contributed by atoms with Gasteiger partial charge in [0.05, 0.1) is 25.0 Å². The Bertz CT molecular complexity index is 842. The maximum Gasteiger partial charge on any atom is 0.257 e. The van der Waals surface area contributed by atoms with E-state index < -0.39 is 0 Å². The maximum absolute atomic E-state index is 12.6. The number of hydrogen-bond donors (Lipinski definition) is 2. The average molecular weight is 311 g/mol. The minimum Gasteiger partial charge on any atom is -0.497 e. The van der Waals surface area contributed by atoms with Crippen LogP contribution < -0.4 is 14.8 Å². The van der Waals surface area contributed by atoms with Crippen LogP contribution in [0.5, 0.6) is 11.5 Å². The third-order valence-electron chi connectivity index (χ3n) is 3.43. The second kappa shape index (κ2) is 6.39. The fraction of sp³-hybridized carbons (Fsp3) is 0.176. The Balaban J connectivity index is 1.93. The second-order valence-corrected chi connectivity index (χ2v) is 4.85. The first-order valence-corrected chi connectivity index (χ1v) is 7.27. The quantitative estimate of drug-likeness (QED) is 0.758. The fourth-order valence-corrected chi connectivity index (χ4v) is 2.35. The second-order valence-electron chi connectivity index (χ2n) is 4.85. The van der Waals surface area contributed by atoms with Gasteiger partial charge in [-0.25, -0.2) is 4.98 Å². The third-order valence-corrected chi connectivity index (χ3v) is 3.43. The molecule has 1 amide bonds.